The number of hydroxylamine groups is 1. The summed E-state index contributed by atoms with van der Waals surface area (Å²) < 4.78 is 32.1. The van der Waals surface area contributed by atoms with Gasteiger partial charge in [0.15, 0.2) is 0 Å². The Morgan fingerprint density at radius 3 is 2.00 bits per heavy atom. The van der Waals surface area contributed by atoms with Crippen molar-refractivity contribution in [3.63, 3.8) is 0 Å². The van der Waals surface area contributed by atoms with E-state index < -0.39 is 23.8 Å². The standard InChI is InChI=1S/C30H43N3O9S/c1-37-16-17-41-19-18-40-15-13-31-30(43)27(20-22-4-6-24(38-2)7-5-22)32-29(35)23(21-28(34)33-36)12-14-42-26-10-8-25(39-3)9-11-26/h4-11,23,27,36H,12-21H2,1-3H3,(H,31,43)(H,32,35)(H,33,34)/t23-,27+/m1/s1. The molecule has 0 heterocycles. The summed E-state index contributed by atoms with van der Waals surface area (Å²) >= 11 is 5.66. The van der Waals surface area contributed by atoms with Crippen molar-refractivity contribution < 1.29 is 43.2 Å². The number of amides is 2. The van der Waals surface area contributed by atoms with E-state index in [1.165, 1.54) is 0 Å². The summed E-state index contributed by atoms with van der Waals surface area (Å²) in [4.78, 5) is 25.9. The molecule has 0 aliphatic heterocycles. The molecule has 238 valence electrons. The van der Waals surface area contributed by atoms with Gasteiger partial charge < -0.3 is 39.1 Å². The third-order valence-corrected chi connectivity index (χ3v) is 6.73. The van der Waals surface area contributed by atoms with Crippen LogP contribution in [-0.4, -0.2) is 95.6 Å². The number of ether oxygens (including phenoxy) is 6. The molecule has 2 aromatic carbocycles. The Hall–Kier alpha value is -3.49. The molecule has 0 unspecified atom stereocenters. The highest BCUT2D eigenvalue weighted by Gasteiger charge is 2.26. The molecule has 0 spiro atoms. The smallest absolute Gasteiger partial charge is 0.244 e. The molecule has 0 saturated carbocycles. The number of hydrogen-bond acceptors (Lipinski definition) is 10. The zero-order valence-corrected chi connectivity index (χ0v) is 25.8. The third-order valence-electron chi connectivity index (χ3n) is 6.30. The van der Waals surface area contributed by atoms with E-state index in [-0.39, 0.29) is 19.4 Å². The third kappa shape index (κ3) is 14.5. The van der Waals surface area contributed by atoms with Gasteiger partial charge in [-0.05, 0) is 54.8 Å². The predicted molar refractivity (Wildman–Crippen MR) is 164 cm³/mol. The fourth-order valence-corrected chi connectivity index (χ4v) is 4.16. The molecule has 0 fully saturated rings. The van der Waals surface area contributed by atoms with Gasteiger partial charge in [0.1, 0.15) is 17.2 Å². The van der Waals surface area contributed by atoms with Crippen LogP contribution in [-0.2, 0) is 30.2 Å². The fraction of sp³-hybridized carbons (Fsp3) is 0.500. The second-order valence-electron chi connectivity index (χ2n) is 9.37. The number of benzene rings is 2. The highest BCUT2D eigenvalue weighted by Crippen LogP contribution is 2.19. The SMILES string of the molecule is COCCOCCOCCNC(=S)[C@H](Cc1ccc(OC)cc1)NC(=O)[C@H](CCOc1ccc(OC)cc1)CC(=O)NO. The fourth-order valence-electron chi connectivity index (χ4n) is 3.92. The molecule has 2 atom stereocenters. The topological polar surface area (TPSA) is 146 Å². The molecule has 2 rings (SSSR count). The van der Waals surface area contributed by atoms with Crippen LogP contribution in [0.5, 0.6) is 17.2 Å². The first kappa shape index (κ1) is 35.7. The summed E-state index contributed by atoms with van der Waals surface area (Å²) in [5, 5.41) is 15.2. The van der Waals surface area contributed by atoms with Crippen molar-refractivity contribution in [2.45, 2.75) is 25.3 Å². The first-order chi connectivity index (χ1) is 20.9. The average molecular weight is 622 g/mol. The second kappa shape index (κ2) is 21.2. The van der Waals surface area contributed by atoms with Crippen molar-refractivity contribution in [1.29, 1.82) is 0 Å². The van der Waals surface area contributed by atoms with Crippen LogP contribution < -0.4 is 30.3 Å². The van der Waals surface area contributed by atoms with Gasteiger partial charge in [0, 0.05) is 26.0 Å². The van der Waals surface area contributed by atoms with Gasteiger partial charge in [0.05, 0.1) is 64.9 Å². The monoisotopic (exact) mass is 621 g/mol. The van der Waals surface area contributed by atoms with Gasteiger partial charge in [-0.25, -0.2) is 5.48 Å². The summed E-state index contributed by atoms with van der Waals surface area (Å²) in [6, 6.07) is 13.9. The van der Waals surface area contributed by atoms with Crippen LogP contribution in [0.15, 0.2) is 48.5 Å². The van der Waals surface area contributed by atoms with E-state index in [0.29, 0.717) is 68.2 Å². The first-order valence-corrected chi connectivity index (χ1v) is 14.4. The Kier molecular flexibility index (Phi) is 17.6. The Bertz CT molecular complexity index is 1090. The van der Waals surface area contributed by atoms with E-state index in [1.807, 2.05) is 24.3 Å². The molecule has 0 aliphatic rings. The number of nitrogens with one attached hydrogen (secondary N) is 3. The van der Waals surface area contributed by atoms with E-state index in [1.54, 1.807) is 51.1 Å². The largest absolute Gasteiger partial charge is 0.497 e. The molecule has 0 bridgehead atoms. The Morgan fingerprint density at radius 1 is 0.814 bits per heavy atom. The number of carbonyl (C=O) groups excluding carboxylic acids is 2. The Morgan fingerprint density at radius 2 is 1.40 bits per heavy atom. The van der Waals surface area contributed by atoms with E-state index in [4.69, 9.17) is 45.8 Å². The van der Waals surface area contributed by atoms with Crippen LogP contribution in [0.4, 0.5) is 0 Å². The Labute approximate surface area is 258 Å². The van der Waals surface area contributed by atoms with Gasteiger partial charge in [-0.1, -0.05) is 24.4 Å². The Balaban J connectivity index is 2.01. The van der Waals surface area contributed by atoms with Crippen LogP contribution >= 0.6 is 12.2 Å². The van der Waals surface area contributed by atoms with Crippen molar-refractivity contribution in [3.8, 4) is 17.2 Å². The van der Waals surface area contributed by atoms with Gasteiger partial charge in [0.25, 0.3) is 0 Å². The minimum Gasteiger partial charge on any atom is -0.497 e. The normalized spacial score (nSPS) is 12.1. The number of hydrogen-bond donors (Lipinski definition) is 4. The molecular formula is C30H43N3O9S. The molecule has 12 nitrogen and oxygen atoms in total. The predicted octanol–water partition coefficient (Wildman–Crippen LogP) is 2.31. The first-order valence-electron chi connectivity index (χ1n) is 13.9. The molecule has 2 amide bonds. The van der Waals surface area contributed by atoms with Gasteiger partial charge in [-0.15, -0.1) is 0 Å². The zero-order valence-electron chi connectivity index (χ0n) is 25.0. The van der Waals surface area contributed by atoms with Gasteiger partial charge in [-0.3, -0.25) is 14.8 Å². The summed E-state index contributed by atoms with van der Waals surface area (Å²) in [6.45, 7) is 2.90. The number of thiocarbonyl (C=S) groups is 1. The maximum Gasteiger partial charge on any atom is 0.244 e. The highest BCUT2D eigenvalue weighted by molar-refractivity contribution is 7.80. The molecule has 43 heavy (non-hydrogen) atoms. The molecule has 2 aromatic rings. The maximum atomic E-state index is 13.4. The van der Waals surface area contributed by atoms with Crippen molar-refractivity contribution in [2.75, 3.05) is 67.5 Å². The number of methoxy groups -OCH3 is 3. The highest BCUT2D eigenvalue weighted by atomic mass is 32.1. The van der Waals surface area contributed by atoms with Crippen LogP contribution in [0.3, 0.4) is 0 Å². The minimum absolute atomic E-state index is 0.168. The maximum absolute atomic E-state index is 13.4. The molecule has 0 aromatic heterocycles. The van der Waals surface area contributed by atoms with Crippen molar-refractivity contribution >= 4 is 29.0 Å². The quantitative estimate of drug-likeness (QED) is 0.0665. The molecule has 0 radical (unpaired) electrons. The van der Waals surface area contributed by atoms with Crippen molar-refractivity contribution in [1.82, 2.24) is 16.1 Å². The van der Waals surface area contributed by atoms with Crippen LogP contribution in [0, 0.1) is 5.92 Å². The van der Waals surface area contributed by atoms with Gasteiger partial charge in [-0.2, -0.15) is 0 Å². The zero-order chi connectivity index (χ0) is 31.3. The molecule has 0 aliphatic carbocycles. The molecule has 4 N–H and O–H groups in total. The van der Waals surface area contributed by atoms with Gasteiger partial charge >= 0.3 is 0 Å². The van der Waals surface area contributed by atoms with Crippen LogP contribution in [0.25, 0.3) is 0 Å². The van der Waals surface area contributed by atoms with Crippen molar-refractivity contribution in [2.24, 2.45) is 5.92 Å². The second-order valence-corrected chi connectivity index (χ2v) is 9.81. The van der Waals surface area contributed by atoms with E-state index in [2.05, 4.69) is 10.6 Å². The summed E-state index contributed by atoms with van der Waals surface area (Å²) in [5.41, 5.74) is 2.53. The van der Waals surface area contributed by atoms with E-state index in [0.717, 1.165) is 5.56 Å². The van der Waals surface area contributed by atoms with E-state index in [9.17, 15) is 9.59 Å². The van der Waals surface area contributed by atoms with Crippen molar-refractivity contribution in [3.05, 3.63) is 54.1 Å². The molecule has 0 saturated heterocycles. The average Bonchev–Trinajstić information content (AvgIpc) is 3.03. The van der Waals surface area contributed by atoms with Gasteiger partial charge in [0.2, 0.25) is 11.8 Å². The summed E-state index contributed by atoms with van der Waals surface area (Å²) in [7, 11) is 4.78. The molecule has 13 heteroatoms. The lowest BCUT2D eigenvalue weighted by molar-refractivity contribution is -0.135. The minimum atomic E-state index is -0.784. The van der Waals surface area contributed by atoms with E-state index >= 15 is 0 Å². The lowest BCUT2D eigenvalue weighted by atomic mass is 9.98. The van der Waals surface area contributed by atoms with Crippen LogP contribution in [0.2, 0.25) is 0 Å². The summed E-state index contributed by atoms with van der Waals surface area (Å²) in [6.07, 6.45) is 0.391. The van der Waals surface area contributed by atoms with Crippen LogP contribution in [0.1, 0.15) is 18.4 Å². The number of carbonyl (C=O) groups is 2. The lowest BCUT2D eigenvalue weighted by Crippen LogP contribution is -2.50. The summed E-state index contributed by atoms with van der Waals surface area (Å²) in [5.74, 6) is 0.135. The number of rotatable bonds is 22. The molecular weight excluding hydrogens is 578 g/mol. The lowest BCUT2D eigenvalue weighted by Gasteiger charge is -2.24.